The number of hydrogen-bond acceptors (Lipinski definition) is 3. The third kappa shape index (κ3) is 3.23. The lowest BCUT2D eigenvalue weighted by Crippen LogP contribution is -2.19. The zero-order chi connectivity index (χ0) is 13.8. The van der Waals surface area contributed by atoms with Gasteiger partial charge in [0.15, 0.2) is 0 Å². The summed E-state index contributed by atoms with van der Waals surface area (Å²) in [5.74, 6) is 0. The molecule has 0 bridgehead atoms. The number of nitrogens with zero attached hydrogens (tertiary/aromatic N) is 1. The van der Waals surface area contributed by atoms with Gasteiger partial charge in [-0.05, 0) is 44.9 Å². The van der Waals surface area contributed by atoms with Crippen LogP contribution < -0.4 is 5.32 Å². The second-order valence-electron chi connectivity index (χ2n) is 5.00. The van der Waals surface area contributed by atoms with Gasteiger partial charge >= 0.3 is 0 Å². The van der Waals surface area contributed by atoms with Crippen molar-refractivity contribution in [3.8, 4) is 10.6 Å². The summed E-state index contributed by atoms with van der Waals surface area (Å²) in [5, 5.41) is 6.78. The zero-order valence-corrected chi connectivity index (χ0v) is 13.0. The Labute approximate surface area is 119 Å². The van der Waals surface area contributed by atoms with Crippen LogP contribution in [0.5, 0.6) is 0 Å². The predicted molar refractivity (Wildman–Crippen MR) is 83.7 cm³/mol. The molecule has 2 aromatic rings. The van der Waals surface area contributed by atoms with Crippen LogP contribution in [0, 0.1) is 13.8 Å². The molecule has 0 saturated carbocycles. The molecule has 1 heterocycles. The van der Waals surface area contributed by atoms with Crippen LogP contribution in [0.4, 0.5) is 0 Å². The minimum atomic E-state index is 0.329. The Morgan fingerprint density at radius 1 is 1.32 bits per heavy atom. The van der Waals surface area contributed by atoms with E-state index in [1.165, 1.54) is 16.7 Å². The number of aryl methyl sites for hydroxylation is 1. The average molecular weight is 274 g/mol. The first-order chi connectivity index (χ1) is 9.13. The van der Waals surface area contributed by atoms with Crippen molar-refractivity contribution in [1.29, 1.82) is 0 Å². The number of hydrogen-bond donors (Lipinski definition) is 1. The minimum Gasteiger partial charge on any atom is -0.309 e. The monoisotopic (exact) mass is 274 g/mol. The molecule has 19 heavy (non-hydrogen) atoms. The molecule has 1 atom stereocenters. The molecule has 0 aliphatic carbocycles. The van der Waals surface area contributed by atoms with Gasteiger partial charge in [-0.15, -0.1) is 11.3 Å². The summed E-state index contributed by atoms with van der Waals surface area (Å²) < 4.78 is 0. The summed E-state index contributed by atoms with van der Waals surface area (Å²) in [4.78, 5) is 4.79. The largest absolute Gasteiger partial charge is 0.309 e. The van der Waals surface area contributed by atoms with Crippen LogP contribution in [0.25, 0.3) is 10.6 Å². The maximum absolute atomic E-state index is 4.79. The van der Waals surface area contributed by atoms with Crippen molar-refractivity contribution < 1.29 is 0 Å². The van der Waals surface area contributed by atoms with E-state index in [0.717, 1.165) is 23.7 Å². The molecule has 1 N–H and O–H groups in total. The smallest absolute Gasteiger partial charge is 0.123 e. The second-order valence-corrected chi connectivity index (χ2v) is 5.86. The molecule has 0 fully saturated rings. The first kappa shape index (κ1) is 14.2. The summed E-state index contributed by atoms with van der Waals surface area (Å²) in [6, 6.07) is 6.75. The van der Waals surface area contributed by atoms with Crippen molar-refractivity contribution in [3.05, 3.63) is 40.4 Å². The van der Waals surface area contributed by atoms with E-state index in [4.69, 9.17) is 4.98 Å². The SMILES string of the molecule is CCCNC(C)c1csc(-c2cccc(C)c2C)n1. The van der Waals surface area contributed by atoms with Crippen LogP contribution in [0.3, 0.4) is 0 Å². The Morgan fingerprint density at radius 3 is 2.84 bits per heavy atom. The van der Waals surface area contributed by atoms with Gasteiger partial charge in [0.25, 0.3) is 0 Å². The maximum atomic E-state index is 4.79. The van der Waals surface area contributed by atoms with Crippen LogP contribution in [0.2, 0.25) is 0 Å². The van der Waals surface area contributed by atoms with E-state index < -0.39 is 0 Å². The normalized spacial score (nSPS) is 12.6. The molecule has 2 rings (SSSR count). The predicted octanol–water partition coefficient (Wildman–Crippen LogP) is 4.49. The van der Waals surface area contributed by atoms with Gasteiger partial charge in [0.2, 0.25) is 0 Å². The third-order valence-electron chi connectivity index (χ3n) is 3.50. The van der Waals surface area contributed by atoms with E-state index >= 15 is 0 Å². The van der Waals surface area contributed by atoms with E-state index in [1.807, 2.05) is 0 Å². The minimum absolute atomic E-state index is 0.329. The number of aromatic nitrogens is 1. The maximum Gasteiger partial charge on any atom is 0.123 e. The Bertz CT molecular complexity index is 545. The highest BCUT2D eigenvalue weighted by Gasteiger charge is 2.12. The number of rotatable bonds is 5. The highest BCUT2D eigenvalue weighted by atomic mass is 32.1. The summed E-state index contributed by atoms with van der Waals surface area (Å²) >= 11 is 1.74. The fourth-order valence-corrected chi connectivity index (χ4v) is 3.05. The Morgan fingerprint density at radius 2 is 2.11 bits per heavy atom. The number of thiazole rings is 1. The van der Waals surface area contributed by atoms with Crippen LogP contribution >= 0.6 is 11.3 Å². The zero-order valence-electron chi connectivity index (χ0n) is 12.2. The van der Waals surface area contributed by atoms with Crippen molar-refractivity contribution in [2.45, 2.75) is 40.2 Å². The van der Waals surface area contributed by atoms with Gasteiger partial charge in [0, 0.05) is 17.0 Å². The molecule has 2 nitrogen and oxygen atoms in total. The highest BCUT2D eigenvalue weighted by molar-refractivity contribution is 7.13. The molecule has 102 valence electrons. The van der Waals surface area contributed by atoms with Crippen LogP contribution in [-0.4, -0.2) is 11.5 Å². The van der Waals surface area contributed by atoms with E-state index in [0.29, 0.717) is 6.04 Å². The molecule has 1 unspecified atom stereocenters. The van der Waals surface area contributed by atoms with Gasteiger partial charge in [-0.25, -0.2) is 4.98 Å². The lowest BCUT2D eigenvalue weighted by molar-refractivity contribution is 0.561. The van der Waals surface area contributed by atoms with Gasteiger partial charge in [0.05, 0.1) is 5.69 Å². The number of nitrogens with one attached hydrogen (secondary N) is 1. The first-order valence-electron chi connectivity index (χ1n) is 6.89. The third-order valence-corrected chi connectivity index (χ3v) is 4.39. The van der Waals surface area contributed by atoms with Gasteiger partial charge in [-0.3, -0.25) is 0 Å². The van der Waals surface area contributed by atoms with Crippen molar-refractivity contribution in [1.82, 2.24) is 10.3 Å². The standard InChI is InChI=1S/C16H22N2S/c1-5-9-17-13(4)15-10-19-16(18-15)14-8-6-7-11(2)12(14)3/h6-8,10,13,17H,5,9H2,1-4H3. The molecule has 0 spiro atoms. The molecular weight excluding hydrogens is 252 g/mol. The molecule has 0 saturated heterocycles. The van der Waals surface area contributed by atoms with Gasteiger partial charge in [0.1, 0.15) is 5.01 Å². The highest BCUT2D eigenvalue weighted by Crippen LogP contribution is 2.29. The lowest BCUT2D eigenvalue weighted by atomic mass is 10.0. The van der Waals surface area contributed by atoms with Crippen LogP contribution in [0.15, 0.2) is 23.6 Å². The molecule has 0 aliphatic rings. The van der Waals surface area contributed by atoms with Crippen molar-refractivity contribution in [2.75, 3.05) is 6.54 Å². The van der Waals surface area contributed by atoms with Gasteiger partial charge in [-0.1, -0.05) is 25.1 Å². The Kier molecular flexibility index (Phi) is 4.72. The quantitative estimate of drug-likeness (QED) is 0.869. The van der Waals surface area contributed by atoms with Gasteiger partial charge < -0.3 is 5.32 Å². The summed E-state index contributed by atoms with van der Waals surface area (Å²) in [6.45, 7) is 9.72. The van der Waals surface area contributed by atoms with E-state index in [-0.39, 0.29) is 0 Å². The molecule has 0 radical (unpaired) electrons. The lowest BCUT2D eigenvalue weighted by Gasteiger charge is -2.10. The Hall–Kier alpha value is -1.19. The molecule has 3 heteroatoms. The molecule has 1 aromatic carbocycles. The van der Waals surface area contributed by atoms with E-state index in [2.05, 4.69) is 56.6 Å². The second kappa shape index (κ2) is 6.31. The fourth-order valence-electron chi connectivity index (χ4n) is 2.06. The van der Waals surface area contributed by atoms with Crippen molar-refractivity contribution in [2.24, 2.45) is 0 Å². The summed E-state index contributed by atoms with van der Waals surface area (Å²) in [6.07, 6.45) is 1.15. The summed E-state index contributed by atoms with van der Waals surface area (Å²) in [5.41, 5.74) is 5.07. The first-order valence-corrected chi connectivity index (χ1v) is 7.76. The molecule has 1 aromatic heterocycles. The molecular formula is C16H22N2S. The fraction of sp³-hybridized carbons (Fsp3) is 0.438. The van der Waals surface area contributed by atoms with Crippen molar-refractivity contribution in [3.63, 3.8) is 0 Å². The topological polar surface area (TPSA) is 24.9 Å². The number of benzene rings is 1. The van der Waals surface area contributed by atoms with E-state index in [1.54, 1.807) is 11.3 Å². The molecule has 0 aliphatic heterocycles. The van der Waals surface area contributed by atoms with Crippen LogP contribution in [0.1, 0.15) is 43.1 Å². The van der Waals surface area contributed by atoms with Gasteiger partial charge in [-0.2, -0.15) is 0 Å². The van der Waals surface area contributed by atoms with Crippen molar-refractivity contribution >= 4 is 11.3 Å². The summed E-state index contributed by atoms with van der Waals surface area (Å²) in [7, 11) is 0. The Balaban J connectivity index is 2.23. The van der Waals surface area contributed by atoms with E-state index in [9.17, 15) is 0 Å². The van der Waals surface area contributed by atoms with Crippen LogP contribution in [-0.2, 0) is 0 Å². The average Bonchev–Trinajstić information content (AvgIpc) is 2.88. The molecule has 0 amide bonds.